The van der Waals surface area contributed by atoms with Crippen molar-refractivity contribution < 1.29 is 13.2 Å². The van der Waals surface area contributed by atoms with Gasteiger partial charge in [0.1, 0.15) is 12.0 Å². The van der Waals surface area contributed by atoms with Crippen LogP contribution < -0.4 is 0 Å². The third-order valence-corrected chi connectivity index (χ3v) is 2.84. The number of halogens is 5. The minimum atomic E-state index is -4.51. The van der Waals surface area contributed by atoms with Crippen molar-refractivity contribution in [1.82, 2.24) is 14.8 Å². The molecule has 0 amide bonds. The first-order valence-electron chi connectivity index (χ1n) is 4.93. The van der Waals surface area contributed by atoms with Crippen LogP contribution >= 0.6 is 23.2 Å². The molecule has 100 valence electrons. The normalized spacial score (nSPS) is 11.6. The Balaban J connectivity index is 2.56. The van der Waals surface area contributed by atoms with E-state index in [0.29, 0.717) is 5.82 Å². The number of hydrogen-bond acceptors (Lipinski definition) is 2. The van der Waals surface area contributed by atoms with Crippen LogP contribution in [0, 0.1) is 0 Å². The van der Waals surface area contributed by atoms with Gasteiger partial charge < -0.3 is 0 Å². The van der Waals surface area contributed by atoms with Crippen molar-refractivity contribution in [2.75, 3.05) is 0 Å². The van der Waals surface area contributed by atoms with Gasteiger partial charge in [-0.05, 0) is 18.2 Å². The quantitative estimate of drug-likeness (QED) is 0.831. The lowest BCUT2D eigenvalue weighted by molar-refractivity contribution is -0.137. The molecule has 2 rings (SSSR count). The van der Waals surface area contributed by atoms with E-state index < -0.39 is 11.7 Å². The molecule has 8 heteroatoms. The van der Waals surface area contributed by atoms with Crippen molar-refractivity contribution in [3.05, 3.63) is 46.5 Å². The number of hydrogen-bond donors (Lipinski definition) is 0. The SMILES string of the molecule is C=Cc1ncn(-c2c(Cl)cc(C(F)(F)F)cc2Cl)n1. The van der Waals surface area contributed by atoms with Gasteiger partial charge in [-0.15, -0.1) is 5.10 Å². The fraction of sp³-hybridized carbons (Fsp3) is 0.0909. The molecule has 1 aromatic carbocycles. The molecule has 0 atom stereocenters. The van der Waals surface area contributed by atoms with Gasteiger partial charge in [-0.1, -0.05) is 29.8 Å². The fourth-order valence-corrected chi connectivity index (χ4v) is 2.09. The Hall–Kier alpha value is -1.53. The summed E-state index contributed by atoms with van der Waals surface area (Å²) < 4.78 is 38.9. The highest BCUT2D eigenvalue weighted by Gasteiger charge is 2.32. The van der Waals surface area contributed by atoms with Gasteiger partial charge in [0.05, 0.1) is 15.6 Å². The summed E-state index contributed by atoms with van der Waals surface area (Å²) in [7, 11) is 0. The summed E-state index contributed by atoms with van der Waals surface area (Å²) in [5, 5.41) is 3.62. The molecule has 0 spiro atoms. The second-order valence-electron chi connectivity index (χ2n) is 3.54. The lowest BCUT2D eigenvalue weighted by Gasteiger charge is -2.11. The van der Waals surface area contributed by atoms with Crippen molar-refractivity contribution in [2.24, 2.45) is 0 Å². The van der Waals surface area contributed by atoms with Gasteiger partial charge >= 0.3 is 6.18 Å². The first-order valence-corrected chi connectivity index (χ1v) is 5.69. The van der Waals surface area contributed by atoms with Crippen LogP contribution in [0.5, 0.6) is 0 Å². The Labute approximate surface area is 116 Å². The Morgan fingerprint density at radius 2 is 1.79 bits per heavy atom. The van der Waals surface area contributed by atoms with Crippen LogP contribution in [0.3, 0.4) is 0 Å². The Bertz CT molecular complexity index is 611. The summed E-state index contributed by atoms with van der Waals surface area (Å²) in [5.74, 6) is 0.312. The summed E-state index contributed by atoms with van der Waals surface area (Å²) in [6.07, 6.45) is -1.83. The highest BCUT2D eigenvalue weighted by atomic mass is 35.5. The van der Waals surface area contributed by atoms with E-state index in [1.54, 1.807) is 0 Å². The number of rotatable bonds is 2. The molecule has 0 radical (unpaired) electrons. The van der Waals surface area contributed by atoms with E-state index in [-0.39, 0.29) is 15.7 Å². The molecular formula is C11H6Cl2F3N3. The lowest BCUT2D eigenvalue weighted by Crippen LogP contribution is -2.07. The van der Waals surface area contributed by atoms with Crippen LogP contribution in [-0.2, 0) is 6.18 Å². The zero-order valence-electron chi connectivity index (χ0n) is 9.25. The molecule has 0 aliphatic heterocycles. The second kappa shape index (κ2) is 4.86. The van der Waals surface area contributed by atoms with Crippen molar-refractivity contribution in [2.45, 2.75) is 6.18 Å². The van der Waals surface area contributed by atoms with E-state index in [1.807, 2.05) is 0 Å². The average molecular weight is 308 g/mol. The van der Waals surface area contributed by atoms with Crippen LogP contribution in [0.4, 0.5) is 13.2 Å². The molecular weight excluding hydrogens is 302 g/mol. The van der Waals surface area contributed by atoms with E-state index in [4.69, 9.17) is 23.2 Å². The predicted octanol–water partition coefficient (Wildman–Crippen LogP) is 4.24. The monoisotopic (exact) mass is 307 g/mol. The molecule has 0 bridgehead atoms. The molecule has 0 saturated heterocycles. The molecule has 0 unspecified atom stereocenters. The second-order valence-corrected chi connectivity index (χ2v) is 4.35. The molecule has 0 aliphatic carbocycles. The summed E-state index contributed by atoms with van der Waals surface area (Å²) in [6.45, 7) is 3.48. The molecule has 1 heterocycles. The Morgan fingerprint density at radius 1 is 1.21 bits per heavy atom. The largest absolute Gasteiger partial charge is 0.416 e. The first-order chi connectivity index (χ1) is 8.82. The Morgan fingerprint density at radius 3 is 2.21 bits per heavy atom. The number of alkyl halides is 3. The smallest absolute Gasteiger partial charge is 0.217 e. The standard InChI is InChI=1S/C11H6Cl2F3N3/c1-2-9-17-5-19(18-9)10-7(12)3-6(4-8(10)13)11(14,15)16/h2-5H,1H2. The third kappa shape index (κ3) is 2.74. The van der Waals surface area contributed by atoms with Crippen LogP contribution in [0.2, 0.25) is 10.0 Å². The molecule has 1 aromatic heterocycles. The topological polar surface area (TPSA) is 30.7 Å². The number of nitrogens with zero attached hydrogens (tertiary/aromatic N) is 3. The third-order valence-electron chi connectivity index (χ3n) is 2.27. The van der Waals surface area contributed by atoms with Crippen molar-refractivity contribution in [3.63, 3.8) is 0 Å². The lowest BCUT2D eigenvalue weighted by atomic mass is 10.2. The summed E-state index contributed by atoms with van der Waals surface area (Å²) >= 11 is 11.7. The highest BCUT2D eigenvalue weighted by Crippen LogP contribution is 2.37. The minimum absolute atomic E-state index is 0.136. The van der Waals surface area contributed by atoms with Gasteiger partial charge in [-0.3, -0.25) is 0 Å². The average Bonchev–Trinajstić information content (AvgIpc) is 2.75. The maximum atomic E-state index is 12.6. The highest BCUT2D eigenvalue weighted by molar-refractivity contribution is 6.37. The molecule has 0 fully saturated rings. The van der Waals surface area contributed by atoms with Gasteiger partial charge in [0, 0.05) is 0 Å². The van der Waals surface area contributed by atoms with E-state index in [0.717, 1.165) is 12.1 Å². The zero-order valence-corrected chi connectivity index (χ0v) is 10.8. The fourth-order valence-electron chi connectivity index (χ4n) is 1.43. The van der Waals surface area contributed by atoms with Gasteiger partial charge in [0.2, 0.25) is 0 Å². The molecule has 2 aromatic rings. The van der Waals surface area contributed by atoms with Crippen molar-refractivity contribution in [3.8, 4) is 5.69 Å². The van der Waals surface area contributed by atoms with E-state index in [9.17, 15) is 13.2 Å². The Kier molecular flexibility index (Phi) is 3.56. The zero-order chi connectivity index (χ0) is 14.2. The number of aromatic nitrogens is 3. The summed E-state index contributed by atoms with van der Waals surface area (Å²) in [5.41, 5.74) is -0.785. The van der Waals surface area contributed by atoms with Crippen LogP contribution in [0.25, 0.3) is 11.8 Å². The molecule has 3 nitrogen and oxygen atoms in total. The van der Waals surface area contributed by atoms with E-state index >= 15 is 0 Å². The van der Waals surface area contributed by atoms with E-state index in [1.165, 1.54) is 17.1 Å². The maximum Gasteiger partial charge on any atom is 0.416 e. The molecule has 0 aliphatic rings. The molecule has 19 heavy (non-hydrogen) atoms. The van der Waals surface area contributed by atoms with Crippen molar-refractivity contribution >= 4 is 29.3 Å². The summed E-state index contributed by atoms with van der Waals surface area (Å²) in [6, 6.07) is 1.58. The minimum Gasteiger partial charge on any atom is -0.217 e. The van der Waals surface area contributed by atoms with Gasteiger partial charge in [0.25, 0.3) is 0 Å². The van der Waals surface area contributed by atoms with Gasteiger partial charge in [-0.2, -0.15) is 13.2 Å². The number of benzene rings is 1. The maximum absolute atomic E-state index is 12.6. The van der Waals surface area contributed by atoms with Crippen molar-refractivity contribution in [1.29, 1.82) is 0 Å². The van der Waals surface area contributed by atoms with Gasteiger partial charge in [-0.25, -0.2) is 9.67 Å². The van der Waals surface area contributed by atoms with Gasteiger partial charge in [0.15, 0.2) is 5.82 Å². The summed E-state index contributed by atoms with van der Waals surface area (Å²) in [4.78, 5) is 3.86. The predicted molar refractivity (Wildman–Crippen MR) is 66.5 cm³/mol. The molecule has 0 saturated carbocycles. The van der Waals surface area contributed by atoms with Crippen LogP contribution in [0.15, 0.2) is 25.0 Å². The first kappa shape index (κ1) is 13.9. The van der Waals surface area contributed by atoms with Crippen LogP contribution in [-0.4, -0.2) is 14.8 Å². The van der Waals surface area contributed by atoms with E-state index in [2.05, 4.69) is 16.7 Å². The van der Waals surface area contributed by atoms with Crippen LogP contribution in [0.1, 0.15) is 11.4 Å². The molecule has 0 N–H and O–H groups in total.